The molecule has 0 radical (unpaired) electrons. The van der Waals surface area contributed by atoms with Gasteiger partial charge in [0.05, 0.1) is 0 Å². The summed E-state index contributed by atoms with van der Waals surface area (Å²) in [6.45, 7) is 0.628. The van der Waals surface area contributed by atoms with Crippen molar-refractivity contribution in [2.24, 2.45) is 11.7 Å². The van der Waals surface area contributed by atoms with Crippen molar-refractivity contribution in [3.05, 3.63) is 63.3 Å². The molecule has 4 heteroatoms. The number of rotatable bonds is 5. The summed E-state index contributed by atoms with van der Waals surface area (Å²) in [6.07, 6.45) is 3.57. The summed E-state index contributed by atoms with van der Waals surface area (Å²) in [5.41, 5.74) is 8.08. The summed E-state index contributed by atoms with van der Waals surface area (Å²) in [4.78, 5) is 4.39. The average molecular weight is 340 g/mol. The Balaban J connectivity index is 2.05. The summed E-state index contributed by atoms with van der Waals surface area (Å²) >= 11 is 9.57. The molecule has 1 aromatic heterocycles. The van der Waals surface area contributed by atoms with Crippen LogP contribution < -0.4 is 5.73 Å². The molecule has 2 rings (SSSR count). The number of benzene rings is 1. The minimum Gasteiger partial charge on any atom is -0.330 e. The average Bonchev–Trinajstić information content (AvgIpc) is 2.43. The number of nitrogens with zero attached hydrogens (tertiary/aromatic N) is 1. The first-order valence-electron chi connectivity index (χ1n) is 6.23. The van der Waals surface area contributed by atoms with Gasteiger partial charge in [0, 0.05) is 21.4 Å². The van der Waals surface area contributed by atoms with Crippen LogP contribution >= 0.6 is 27.5 Å². The summed E-state index contributed by atoms with van der Waals surface area (Å²) in [7, 11) is 0. The molecule has 0 spiro atoms. The fourth-order valence-corrected chi connectivity index (χ4v) is 2.48. The highest BCUT2D eigenvalue weighted by Gasteiger charge is 2.11. The van der Waals surface area contributed by atoms with E-state index in [0.29, 0.717) is 12.5 Å². The lowest BCUT2D eigenvalue weighted by molar-refractivity contribution is 0.527. The highest BCUT2D eigenvalue weighted by molar-refractivity contribution is 9.10. The molecule has 19 heavy (non-hydrogen) atoms. The maximum atomic E-state index is 6.19. The maximum Gasteiger partial charge on any atom is 0.0438 e. The van der Waals surface area contributed by atoms with E-state index in [1.165, 1.54) is 0 Å². The predicted molar refractivity (Wildman–Crippen MR) is 83.3 cm³/mol. The summed E-state index contributed by atoms with van der Waals surface area (Å²) < 4.78 is 0.992. The quantitative estimate of drug-likeness (QED) is 0.898. The van der Waals surface area contributed by atoms with Gasteiger partial charge in [-0.3, -0.25) is 4.98 Å². The van der Waals surface area contributed by atoms with Gasteiger partial charge < -0.3 is 5.73 Å². The van der Waals surface area contributed by atoms with Crippen molar-refractivity contribution in [2.75, 3.05) is 6.54 Å². The van der Waals surface area contributed by atoms with E-state index >= 15 is 0 Å². The molecule has 1 atom stereocenters. The highest BCUT2D eigenvalue weighted by atomic mass is 79.9. The molecule has 100 valence electrons. The van der Waals surface area contributed by atoms with Crippen LogP contribution in [0.5, 0.6) is 0 Å². The van der Waals surface area contributed by atoms with Gasteiger partial charge >= 0.3 is 0 Å². The van der Waals surface area contributed by atoms with E-state index < -0.39 is 0 Å². The molecule has 2 nitrogen and oxygen atoms in total. The fourth-order valence-electron chi connectivity index (χ4n) is 2.04. The largest absolute Gasteiger partial charge is 0.330 e. The molecule has 0 aliphatic rings. The first-order chi connectivity index (χ1) is 9.19. The standard InChI is InChI=1S/C15H16BrClN2/c16-13-5-6-14(19-10-13)8-11(9-18)7-12-3-1-2-4-15(12)17/h1-6,10-11H,7-9,18H2. The Morgan fingerprint density at radius 3 is 2.58 bits per heavy atom. The summed E-state index contributed by atoms with van der Waals surface area (Å²) in [6, 6.07) is 12.0. The third-order valence-corrected chi connectivity index (χ3v) is 3.92. The smallest absolute Gasteiger partial charge is 0.0438 e. The first-order valence-corrected chi connectivity index (χ1v) is 7.40. The maximum absolute atomic E-state index is 6.19. The number of halogens is 2. The molecule has 1 heterocycles. The van der Waals surface area contributed by atoms with E-state index in [-0.39, 0.29) is 0 Å². The van der Waals surface area contributed by atoms with E-state index in [1.807, 2.05) is 36.5 Å². The van der Waals surface area contributed by atoms with Gasteiger partial charge in [0.2, 0.25) is 0 Å². The normalized spacial score (nSPS) is 12.4. The van der Waals surface area contributed by atoms with Crippen molar-refractivity contribution in [3.8, 4) is 0 Å². The second kappa shape index (κ2) is 7.04. The molecule has 2 N–H and O–H groups in total. The van der Waals surface area contributed by atoms with E-state index in [4.69, 9.17) is 17.3 Å². The number of hydrogen-bond donors (Lipinski definition) is 1. The van der Waals surface area contributed by atoms with Crippen molar-refractivity contribution in [1.29, 1.82) is 0 Å². The van der Waals surface area contributed by atoms with E-state index in [0.717, 1.165) is 33.6 Å². The van der Waals surface area contributed by atoms with Crippen LogP contribution in [0.15, 0.2) is 47.1 Å². The van der Waals surface area contributed by atoms with E-state index in [9.17, 15) is 0 Å². The number of aromatic nitrogens is 1. The summed E-state index contributed by atoms with van der Waals surface area (Å²) in [5, 5.41) is 0.810. The van der Waals surface area contributed by atoms with Gasteiger partial charge in [0.15, 0.2) is 0 Å². The van der Waals surface area contributed by atoms with Crippen molar-refractivity contribution in [3.63, 3.8) is 0 Å². The van der Waals surface area contributed by atoms with Gasteiger partial charge in [-0.05, 0) is 65.0 Å². The lowest BCUT2D eigenvalue weighted by atomic mass is 9.94. The number of pyridine rings is 1. The fraction of sp³-hybridized carbons (Fsp3) is 0.267. The van der Waals surface area contributed by atoms with Gasteiger partial charge in [-0.25, -0.2) is 0 Å². The third-order valence-electron chi connectivity index (χ3n) is 3.09. The SMILES string of the molecule is NCC(Cc1ccc(Br)cn1)Cc1ccccc1Cl. The molecule has 1 unspecified atom stereocenters. The minimum atomic E-state index is 0.355. The topological polar surface area (TPSA) is 38.9 Å². The van der Waals surface area contributed by atoms with Crippen molar-refractivity contribution < 1.29 is 0 Å². The molecule has 0 aliphatic carbocycles. The Kier molecular flexibility index (Phi) is 5.37. The van der Waals surface area contributed by atoms with Crippen LogP contribution in [0.3, 0.4) is 0 Å². The zero-order valence-corrected chi connectivity index (χ0v) is 12.9. The molecule has 0 saturated heterocycles. The van der Waals surface area contributed by atoms with Crippen LogP contribution in [0.4, 0.5) is 0 Å². The second-order valence-corrected chi connectivity index (χ2v) is 5.89. The van der Waals surface area contributed by atoms with Crippen LogP contribution in [0, 0.1) is 5.92 Å². The Hall–Kier alpha value is -0.900. The van der Waals surface area contributed by atoms with Crippen LogP contribution in [0.25, 0.3) is 0 Å². The zero-order chi connectivity index (χ0) is 13.7. The summed E-state index contributed by atoms with van der Waals surface area (Å²) in [5.74, 6) is 0.355. The van der Waals surface area contributed by atoms with Crippen LogP contribution in [0.2, 0.25) is 5.02 Å². The van der Waals surface area contributed by atoms with E-state index in [1.54, 1.807) is 0 Å². The Morgan fingerprint density at radius 1 is 1.16 bits per heavy atom. The second-order valence-electron chi connectivity index (χ2n) is 4.57. The monoisotopic (exact) mass is 338 g/mol. The highest BCUT2D eigenvalue weighted by Crippen LogP contribution is 2.20. The molecular formula is C15H16BrClN2. The van der Waals surface area contributed by atoms with Gasteiger partial charge in [-0.2, -0.15) is 0 Å². The molecule has 2 aromatic rings. The van der Waals surface area contributed by atoms with Crippen molar-refractivity contribution in [1.82, 2.24) is 4.98 Å². The number of hydrogen-bond acceptors (Lipinski definition) is 2. The first kappa shape index (κ1) is 14.5. The molecule has 0 fully saturated rings. The molecule has 1 aromatic carbocycles. The lowest BCUT2D eigenvalue weighted by Gasteiger charge is -2.15. The minimum absolute atomic E-state index is 0.355. The van der Waals surface area contributed by atoms with Crippen LogP contribution in [-0.2, 0) is 12.8 Å². The Labute approximate surface area is 127 Å². The molecule has 0 amide bonds. The molecule has 0 bridgehead atoms. The predicted octanol–water partition coefficient (Wildman–Crippen LogP) is 3.86. The molecule has 0 aliphatic heterocycles. The number of nitrogens with two attached hydrogens (primary N) is 1. The van der Waals surface area contributed by atoms with Gasteiger partial charge in [-0.1, -0.05) is 29.8 Å². The lowest BCUT2D eigenvalue weighted by Crippen LogP contribution is -2.20. The Morgan fingerprint density at radius 2 is 1.95 bits per heavy atom. The molecular weight excluding hydrogens is 324 g/mol. The van der Waals surface area contributed by atoms with Crippen molar-refractivity contribution >= 4 is 27.5 Å². The molecule has 0 saturated carbocycles. The third kappa shape index (κ3) is 4.30. The van der Waals surface area contributed by atoms with Crippen LogP contribution in [0.1, 0.15) is 11.3 Å². The Bertz CT molecular complexity index is 528. The van der Waals surface area contributed by atoms with Crippen LogP contribution in [-0.4, -0.2) is 11.5 Å². The van der Waals surface area contributed by atoms with Gasteiger partial charge in [0.25, 0.3) is 0 Å². The van der Waals surface area contributed by atoms with Gasteiger partial charge in [0.1, 0.15) is 0 Å². The van der Waals surface area contributed by atoms with Crippen molar-refractivity contribution in [2.45, 2.75) is 12.8 Å². The van der Waals surface area contributed by atoms with E-state index in [2.05, 4.69) is 27.0 Å². The van der Waals surface area contributed by atoms with Gasteiger partial charge in [-0.15, -0.1) is 0 Å². The zero-order valence-electron chi connectivity index (χ0n) is 10.5.